The Kier molecular flexibility index (Phi) is 2.79. The van der Waals surface area contributed by atoms with Crippen molar-refractivity contribution in [2.24, 2.45) is 0 Å². The number of piperazine rings is 1. The molecule has 0 saturated carbocycles. The Labute approximate surface area is 83.5 Å². The smallest absolute Gasteiger partial charge is 0.243 e. The highest BCUT2D eigenvalue weighted by Crippen LogP contribution is 2.17. The second kappa shape index (κ2) is 4.06. The predicted molar refractivity (Wildman–Crippen MR) is 51.9 cm³/mol. The Bertz CT molecular complexity index is 293. The molecule has 5 nitrogen and oxygen atoms in total. The third kappa shape index (κ3) is 1.93. The maximum Gasteiger partial charge on any atom is 0.243 e. The Hall–Kier alpha value is -0.940. The molecule has 1 atom stereocenters. The van der Waals surface area contributed by atoms with Gasteiger partial charge in [0.2, 0.25) is 5.89 Å². The first-order valence-electron chi connectivity index (χ1n) is 5.02. The van der Waals surface area contributed by atoms with E-state index < -0.39 is 0 Å². The minimum atomic E-state index is 0.235. The summed E-state index contributed by atoms with van der Waals surface area (Å²) in [6, 6.07) is 0.235. The maximum atomic E-state index is 5.16. The van der Waals surface area contributed by atoms with Crippen molar-refractivity contribution in [1.29, 1.82) is 0 Å². The Balaban J connectivity index is 2.03. The first kappa shape index (κ1) is 9.61. The molecule has 0 aliphatic carbocycles. The van der Waals surface area contributed by atoms with Gasteiger partial charge < -0.3 is 9.84 Å². The van der Waals surface area contributed by atoms with Gasteiger partial charge in [-0.15, -0.1) is 0 Å². The maximum absolute atomic E-state index is 5.16. The van der Waals surface area contributed by atoms with Crippen molar-refractivity contribution >= 4 is 0 Å². The summed E-state index contributed by atoms with van der Waals surface area (Å²) in [4.78, 5) is 6.60. The van der Waals surface area contributed by atoms with Crippen LogP contribution in [0, 0.1) is 6.92 Å². The average Bonchev–Trinajstić information content (AvgIpc) is 2.65. The Morgan fingerprint density at radius 2 is 2.14 bits per heavy atom. The van der Waals surface area contributed by atoms with Crippen LogP contribution in [0.1, 0.15) is 24.7 Å². The zero-order chi connectivity index (χ0) is 9.97. The number of aromatic nitrogens is 2. The molecule has 0 bridgehead atoms. The van der Waals surface area contributed by atoms with E-state index in [1.54, 1.807) is 0 Å². The lowest BCUT2D eigenvalue weighted by Gasteiger charge is -2.30. The highest BCUT2D eigenvalue weighted by molar-refractivity contribution is 4.91. The molecule has 5 heteroatoms. The fourth-order valence-electron chi connectivity index (χ4n) is 1.71. The SMILES string of the molecule is Cc1noc([C@@H](C)N2CCNCC2)n1. The van der Waals surface area contributed by atoms with Gasteiger partial charge in [0.05, 0.1) is 6.04 Å². The molecule has 1 aromatic rings. The minimum absolute atomic E-state index is 0.235. The predicted octanol–water partition coefficient (Wildman–Crippen LogP) is 0.344. The summed E-state index contributed by atoms with van der Waals surface area (Å²) >= 11 is 0. The molecule has 1 saturated heterocycles. The van der Waals surface area contributed by atoms with Gasteiger partial charge >= 0.3 is 0 Å². The van der Waals surface area contributed by atoms with Gasteiger partial charge in [0.15, 0.2) is 5.82 Å². The van der Waals surface area contributed by atoms with Crippen LogP contribution in [0.15, 0.2) is 4.52 Å². The van der Waals surface area contributed by atoms with Gasteiger partial charge in [-0.25, -0.2) is 0 Å². The highest BCUT2D eigenvalue weighted by atomic mass is 16.5. The second-order valence-electron chi connectivity index (χ2n) is 3.64. The van der Waals surface area contributed by atoms with Crippen molar-refractivity contribution in [3.63, 3.8) is 0 Å². The fraction of sp³-hybridized carbons (Fsp3) is 0.778. The lowest BCUT2D eigenvalue weighted by Crippen LogP contribution is -2.44. The first-order chi connectivity index (χ1) is 6.77. The van der Waals surface area contributed by atoms with Crippen molar-refractivity contribution in [2.75, 3.05) is 26.2 Å². The molecule has 0 aromatic carbocycles. The van der Waals surface area contributed by atoms with Crippen LogP contribution < -0.4 is 5.32 Å². The van der Waals surface area contributed by atoms with Crippen LogP contribution in [0.2, 0.25) is 0 Å². The van der Waals surface area contributed by atoms with Gasteiger partial charge in [0.25, 0.3) is 0 Å². The zero-order valence-corrected chi connectivity index (χ0v) is 8.66. The van der Waals surface area contributed by atoms with Gasteiger partial charge in [-0.1, -0.05) is 5.16 Å². The summed E-state index contributed by atoms with van der Waals surface area (Å²) in [5.41, 5.74) is 0. The monoisotopic (exact) mass is 196 g/mol. The van der Waals surface area contributed by atoms with Gasteiger partial charge in [0, 0.05) is 26.2 Å². The molecule has 0 radical (unpaired) electrons. The van der Waals surface area contributed by atoms with E-state index in [2.05, 4.69) is 27.3 Å². The highest BCUT2D eigenvalue weighted by Gasteiger charge is 2.22. The van der Waals surface area contributed by atoms with E-state index in [0.717, 1.165) is 32.1 Å². The van der Waals surface area contributed by atoms with Gasteiger partial charge in [-0.3, -0.25) is 4.90 Å². The van der Waals surface area contributed by atoms with Crippen molar-refractivity contribution in [2.45, 2.75) is 19.9 Å². The normalized spacial score (nSPS) is 21.0. The molecule has 14 heavy (non-hydrogen) atoms. The second-order valence-corrected chi connectivity index (χ2v) is 3.64. The van der Waals surface area contributed by atoms with E-state index in [1.165, 1.54) is 0 Å². The Morgan fingerprint density at radius 3 is 2.71 bits per heavy atom. The largest absolute Gasteiger partial charge is 0.338 e. The van der Waals surface area contributed by atoms with Crippen LogP contribution in [0.4, 0.5) is 0 Å². The molecule has 1 fully saturated rings. The quantitative estimate of drug-likeness (QED) is 0.739. The molecule has 0 amide bonds. The summed E-state index contributed by atoms with van der Waals surface area (Å²) < 4.78 is 5.16. The van der Waals surface area contributed by atoms with E-state index in [-0.39, 0.29) is 6.04 Å². The molecule has 2 rings (SSSR count). The molecule has 1 aromatic heterocycles. The number of rotatable bonds is 2. The number of aryl methyl sites for hydroxylation is 1. The third-order valence-corrected chi connectivity index (χ3v) is 2.60. The first-order valence-corrected chi connectivity index (χ1v) is 5.02. The number of hydrogen-bond acceptors (Lipinski definition) is 5. The van der Waals surface area contributed by atoms with Crippen LogP contribution in [0.25, 0.3) is 0 Å². The van der Waals surface area contributed by atoms with Gasteiger partial charge in [-0.05, 0) is 13.8 Å². The molecular weight excluding hydrogens is 180 g/mol. The van der Waals surface area contributed by atoms with Crippen molar-refractivity contribution in [1.82, 2.24) is 20.4 Å². The molecule has 0 spiro atoms. The van der Waals surface area contributed by atoms with Gasteiger partial charge in [0.1, 0.15) is 0 Å². The molecule has 0 unspecified atom stereocenters. The molecule has 78 valence electrons. The van der Waals surface area contributed by atoms with E-state index >= 15 is 0 Å². The average molecular weight is 196 g/mol. The van der Waals surface area contributed by atoms with E-state index in [0.29, 0.717) is 5.82 Å². The standard InChI is InChI=1S/C9H16N4O/c1-7(9-11-8(2)12-14-9)13-5-3-10-4-6-13/h7,10H,3-6H2,1-2H3/t7-/m1/s1. The van der Waals surface area contributed by atoms with Crippen LogP contribution in [0.5, 0.6) is 0 Å². The van der Waals surface area contributed by atoms with Gasteiger partial charge in [-0.2, -0.15) is 4.98 Å². The lowest BCUT2D eigenvalue weighted by molar-refractivity contribution is 0.154. The summed E-state index contributed by atoms with van der Waals surface area (Å²) in [6.07, 6.45) is 0. The van der Waals surface area contributed by atoms with E-state index in [4.69, 9.17) is 4.52 Å². The van der Waals surface area contributed by atoms with E-state index in [9.17, 15) is 0 Å². The molecule has 1 aliphatic heterocycles. The van der Waals surface area contributed by atoms with Crippen molar-refractivity contribution in [3.8, 4) is 0 Å². The fourth-order valence-corrected chi connectivity index (χ4v) is 1.71. The van der Waals surface area contributed by atoms with E-state index in [1.807, 2.05) is 6.92 Å². The Morgan fingerprint density at radius 1 is 1.43 bits per heavy atom. The van der Waals surface area contributed by atoms with Crippen molar-refractivity contribution in [3.05, 3.63) is 11.7 Å². The topological polar surface area (TPSA) is 54.2 Å². The summed E-state index contributed by atoms with van der Waals surface area (Å²) in [5, 5.41) is 7.12. The van der Waals surface area contributed by atoms with Crippen LogP contribution in [-0.4, -0.2) is 41.2 Å². The lowest BCUT2D eigenvalue weighted by atomic mass is 10.2. The van der Waals surface area contributed by atoms with Crippen LogP contribution in [-0.2, 0) is 0 Å². The molecular formula is C9H16N4O. The van der Waals surface area contributed by atoms with Crippen LogP contribution >= 0.6 is 0 Å². The number of nitrogens with one attached hydrogen (secondary N) is 1. The summed E-state index contributed by atoms with van der Waals surface area (Å²) in [6.45, 7) is 8.12. The molecule has 1 N–H and O–H groups in total. The number of nitrogens with zero attached hydrogens (tertiary/aromatic N) is 3. The zero-order valence-electron chi connectivity index (χ0n) is 8.66. The summed E-state index contributed by atoms with van der Waals surface area (Å²) in [5.74, 6) is 1.44. The van der Waals surface area contributed by atoms with Crippen LogP contribution in [0.3, 0.4) is 0 Å². The third-order valence-electron chi connectivity index (χ3n) is 2.60. The molecule has 1 aliphatic rings. The summed E-state index contributed by atoms with van der Waals surface area (Å²) in [7, 11) is 0. The van der Waals surface area contributed by atoms with Crippen molar-refractivity contribution < 1.29 is 4.52 Å². The number of hydrogen-bond donors (Lipinski definition) is 1. The minimum Gasteiger partial charge on any atom is -0.338 e. The molecule has 2 heterocycles.